The van der Waals surface area contributed by atoms with Crippen LogP contribution in [0.25, 0.3) is 0 Å². The summed E-state index contributed by atoms with van der Waals surface area (Å²) in [6.07, 6.45) is -4.36. The van der Waals surface area contributed by atoms with E-state index in [0.29, 0.717) is 11.1 Å². The zero-order valence-corrected chi connectivity index (χ0v) is 11.9. The Morgan fingerprint density at radius 1 is 1.32 bits per heavy atom. The summed E-state index contributed by atoms with van der Waals surface area (Å²) < 4.78 is 37.7. The van der Waals surface area contributed by atoms with Crippen LogP contribution >= 0.6 is 23.5 Å². The summed E-state index contributed by atoms with van der Waals surface area (Å²) in [5, 5.41) is -0.130. The van der Waals surface area contributed by atoms with Crippen molar-refractivity contribution in [1.82, 2.24) is 0 Å². The third kappa shape index (κ3) is 3.48. The molecular weight excluding hydrogens is 293 g/mol. The molecule has 1 fully saturated rings. The van der Waals surface area contributed by atoms with Gasteiger partial charge in [0.05, 0.1) is 10.8 Å². The van der Waals surface area contributed by atoms with Gasteiger partial charge in [0, 0.05) is 22.8 Å². The van der Waals surface area contributed by atoms with E-state index in [0.717, 1.165) is 29.4 Å². The average Bonchev–Trinajstić information content (AvgIpc) is 2.38. The predicted molar refractivity (Wildman–Crippen MR) is 74.1 cm³/mol. The summed E-state index contributed by atoms with van der Waals surface area (Å²) >= 11 is 3.31. The predicted octanol–water partition coefficient (Wildman–Crippen LogP) is 4.05. The number of halogens is 3. The third-order valence-electron chi connectivity index (χ3n) is 2.93. The topological polar surface area (TPSA) is 17.1 Å². The molecule has 104 valence electrons. The SMILES string of the molecule is Cc1cc(C(F)(F)F)ccc1C(=O)C1CSCCS1. The highest BCUT2D eigenvalue weighted by Crippen LogP contribution is 2.32. The standard InChI is InChI=1S/C13H13F3OS2/c1-8-6-9(13(14,15)16)2-3-10(8)12(17)11-7-18-4-5-19-11/h2-3,6,11H,4-5,7H2,1H3. The van der Waals surface area contributed by atoms with E-state index in [2.05, 4.69) is 0 Å². The van der Waals surface area contributed by atoms with Gasteiger partial charge in [0.1, 0.15) is 0 Å². The molecule has 1 saturated heterocycles. The van der Waals surface area contributed by atoms with Crippen molar-refractivity contribution >= 4 is 29.3 Å². The quantitative estimate of drug-likeness (QED) is 0.768. The molecular formula is C13H13F3OS2. The Balaban J connectivity index is 2.23. The highest BCUT2D eigenvalue weighted by Gasteiger charge is 2.32. The average molecular weight is 306 g/mol. The molecule has 1 unspecified atom stereocenters. The Hall–Kier alpha value is -0.620. The van der Waals surface area contributed by atoms with Gasteiger partial charge in [-0.2, -0.15) is 24.9 Å². The number of carbonyl (C=O) groups excluding carboxylic acids is 1. The van der Waals surface area contributed by atoms with Crippen molar-refractivity contribution in [2.75, 3.05) is 17.3 Å². The van der Waals surface area contributed by atoms with Crippen LogP contribution in [0.3, 0.4) is 0 Å². The van der Waals surface area contributed by atoms with E-state index in [-0.39, 0.29) is 11.0 Å². The number of benzene rings is 1. The van der Waals surface area contributed by atoms with Crippen LogP contribution in [0.2, 0.25) is 0 Å². The van der Waals surface area contributed by atoms with Gasteiger partial charge in [0.15, 0.2) is 5.78 Å². The fourth-order valence-electron chi connectivity index (χ4n) is 1.93. The summed E-state index contributed by atoms with van der Waals surface area (Å²) in [5.41, 5.74) is 0.108. The maximum atomic E-state index is 12.6. The van der Waals surface area contributed by atoms with Crippen LogP contribution in [0, 0.1) is 6.92 Å². The van der Waals surface area contributed by atoms with Gasteiger partial charge < -0.3 is 0 Å². The Bertz CT molecular complexity index is 479. The van der Waals surface area contributed by atoms with Crippen LogP contribution < -0.4 is 0 Å². The zero-order chi connectivity index (χ0) is 14.0. The van der Waals surface area contributed by atoms with Crippen LogP contribution in [0.1, 0.15) is 21.5 Å². The van der Waals surface area contributed by atoms with Gasteiger partial charge in [-0.1, -0.05) is 6.07 Å². The van der Waals surface area contributed by atoms with Crippen molar-refractivity contribution in [3.05, 3.63) is 34.9 Å². The minimum absolute atomic E-state index is 0.0524. The third-order valence-corrected chi connectivity index (χ3v) is 5.68. The first-order valence-electron chi connectivity index (χ1n) is 5.81. The fraction of sp³-hybridized carbons (Fsp3) is 0.462. The Morgan fingerprint density at radius 3 is 2.58 bits per heavy atom. The molecule has 1 aromatic rings. The van der Waals surface area contributed by atoms with Crippen LogP contribution in [0.15, 0.2) is 18.2 Å². The highest BCUT2D eigenvalue weighted by molar-refractivity contribution is 8.07. The first-order chi connectivity index (χ1) is 8.89. The fourth-order valence-corrected chi connectivity index (χ4v) is 4.55. The number of alkyl halides is 3. The zero-order valence-electron chi connectivity index (χ0n) is 10.3. The molecule has 1 heterocycles. The number of aryl methyl sites for hydroxylation is 1. The molecule has 0 aliphatic carbocycles. The molecule has 0 saturated carbocycles. The van der Waals surface area contributed by atoms with Gasteiger partial charge in [0.25, 0.3) is 0 Å². The molecule has 0 radical (unpaired) electrons. The summed E-state index contributed by atoms with van der Waals surface area (Å²) in [7, 11) is 0. The van der Waals surface area contributed by atoms with Crippen molar-refractivity contribution in [1.29, 1.82) is 0 Å². The van der Waals surface area contributed by atoms with Crippen LogP contribution in [-0.2, 0) is 6.18 Å². The van der Waals surface area contributed by atoms with E-state index in [9.17, 15) is 18.0 Å². The van der Waals surface area contributed by atoms with E-state index in [1.807, 2.05) is 0 Å². The Labute approximate surface area is 118 Å². The van der Waals surface area contributed by atoms with Gasteiger partial charge in [0.2, 0.25) is 0 Å². The lowest BCUT2D eigenvalue weighted by Crippen LogP contribution is -2.25. The second kappa shape index (κ2) is 5.79. The first-order valence-corrected chi connectivity index (χ1v) is 8.01. The molecule has 0 bridgehead atoms. The monoisotopic (exact) mass is 306 g/mol. The minimum atomic E-state index is -4.36. The smallest absolute Gasteiger partial charge is 0.293 e. The maximum absolute atomic E-state index is 12.6. The largest absolute Gasteiger partial charge is 0.416 e. The lowest BCUT2D eigenvalue weighted by Gasteiger charge is -2.20. The molecule has 1 aromatic carbocycles. The van der Waals surface area contributed by atoms with E-state index in [1.165, 1.54) is 6.07 Å². The van der Waals surface area contributed by atoms with Crippen molar-refractivity contribution in [3.8, 4) is 0 Å². The van der Waals surface area contributed by atoms with Crippen LogP contribution in [0.5, 0.6) is 0 Å². The van der Waals surface area contributed by atoms with E-state index in [1.54, 1.807) is 30.4 Å². The van der Waals surface area contributed by atoms with E-state index >= 15 is 0 Å². The molecule has 1 aliphatic rings. The molecule has 6 heteroatoms. The van der Waals surface area contributed by atoms with Crippen LogP contribution in [-0.4, -0.2) is 28.3 Å². The van der Waals surface area contributed by atoms with E-state index < -0.39 is 11.7 Å². The molecule has 0 aromatic heterocycles. The number of ketones is 1. The second-order valence-electron chi connectivity index (χ2n) is 4.33. The maximum Gasteiger partial charge on any atom is 0.416 e. The van der Waals surface area contributed by atoms with Crippen molar-refractivity contribution in [3.63, 3.8) is 0 Å². The number of rotatable bonds is 2. The number of carbonyl (C=O) groups is 1. The van der Waals surface area contributed by atoms with Gasteiger partial charge in [-0.25, -0.2) is 0 Å². The lowest BCUT2D eigenvalue weighted by atomic mass is 10.00. The number of Topliss-reactive ketones (excluding diaryl/α,β-unsaturated/α-hetero) is 1. The van der Waals surface area contributed by atoms with Crippen molar-refractivity contribution < 1.29 is 18.0 Å². The van der Waals surface area contributed by atoms with E-state index in [4.69, 9.17) is 0 Å². The molecule has 1 atom stereocenters. The summed E-state index contributed by atoms with van der Waals surface area (Å²) in [6, 6.07) is 3.34. The van der Waals surface area contributed by atoms with Gasteiger partial charge in [-0.15, -0.1) is 11.8 Å². The Kier molecular flexibility index (Phi) is 4.50. The van der Waals surface area contributed by atoms with Crippen molar-refractivity contribution in [2.45, 2.75) is 18.3 Å². The summed E-state index contributed by atoms with van der Waals surface area (Å²) in [4.78, 5) is 12.3. The molecule has 19 heavy (non-hydrogen) atoms. The van der Waals surface area contributed by atoms with Gasteiger partial charge in [-0.3, -0.25) is 4.79 Å². The molecule has 0 N–H and O–H groups in total. The van der Waals surface area contributed by atoms with Crippen molar-refractivity contribution in [2.24, 2.45) is 0 Å². The molecule has 0 spiro atoms. The molecule has 0 amide bonds. The number of hydrogen-bond acceptors (Lipinski definition) is 3. The minimum Gasteiger partial charge on any atom is -0.293 e. The highest BCUT2D eigenvalue weighted by atomic mass is 32.2. The Morgan fingerprint density at radius 2 is 2.05 bits per heavy atom. The first kappa shape index (κ1) is 14.8. The molecule has 2 rings (SSSR count). The molecule has 1 aliphatic heterocycles. The molecule has 1 nitrogen and oxygen atoms in total. The summed E-state index contributed by atoms with van der Waals surface area (Å²) in [5.74, 6) is 2.63. The number of thioether (sulfide) groups is 2. The van der Waals surface area contributed by atoms with Crippen LogP contribution in [0.4, 0.5) is 13.2 Å². The second-order valence-corrected chi connectivity index (χ2v) is 6.79. The van der Waals surface area contributed by atoms with Gasteiger partial charge >= 0.3 is 6.18 Å². The lowest BCUT2D eigenvalue weighted by molar-refractivity contribution is -0.137. The number of hydrogen-bond donors (Lipinski definition) is 0. The summed E-state index contributed by atoms with van der Waals surface area (Å²) in [6.45, 7) is 1.56. The van der Waals surface area contributed by atoms with Gasteiger partial charge in [-0.05, 0) is 24.6 Å². The normalized spacial score (nSPS) is 20.3.